The number of rotatable bonds is 5. The first-order chi connectivity index (χ1) is 17.9. The zero-order valence-corrected chi connectivity index (χ0v) is 22.6. The lowest BCUT2D eigenvalue weighted by atomic mass is 9.95. The molecule has 3 aliphatic rings. The first kappa shape index (κ1) is 27.0. The summed E-state index contributed by atoms with van der Waals surface area (Å²) in [6.07, 6.45) is 0.428. The minimum absolute atomic E-state index is 0.0354. The van der Waals surface area contributed by atoms with Gasteiger partial charge in [0.2, 0.25) is 0 Å². The molecule has 0 unspecified atom stereocenters. The van der Waals surface area contributed by atoms with Crippen molar-refractivity contribution < 1.29 is 27.4 Å². The third-order valence-corrected chi connectivity index (χ3v) is 7.80. The fraction of sp³-hybridized carbons (Fsp3) is 0.680. The summed E-state index contributed by atoms with van der Waals surface area (Å²) in [6, 6.07) is -0.917. The molecule has 2 aromatic heterocycles. The molecule has 38 heavy (non-hydrogen) atoms. The van der Waals surface area contributed by atoms with Crippen LogP contribution in [0.4, 0.5) is 23.8 Å². The molecule has 0 radical (unpaired) electrons. The Hall–Kier alpha value is -2.60. The van der Waals surface area contributed by atoms with Crippen molar-refractivity contribution in [3.05, 3.63) is 17.2 Å². The topological polar surface area (TPSA) is 83.9 Å². The van der Waals surface area contributed by atoms with Gasteiger partial charge in [0, 0.05) is 32.8 Å². The van der Waals surface area contributed by atoms with Crippen molar-refractivity contribution in [1.82, 2.24) is 24.8 Å². The highest BCUT2D eigenvalue weighted by molar-refractivity contribution is 6.30. The van der Waals surface area contributed by atoms with Crippen LogP contribution in [0.5, 0.6) is 6.01 Å². The van der Waals surface area contributed by atoms with Gasteiger partial charge in [0.25, 0.3) is 0 Å². The molecule has 0 aromatic carbocycles. The molecule has 5 rings (SSSR count). The molecule has 3 aliphatic heterocycles. The quantitative estimate of drug-likeness (QED) is 0.508. The Morgan fingerprint density at radius 3 is 2.76 bits per heavy atom. The van der Waals surface area contributed by atoms with Gasteiger partial charge in [0.15, 0.2) is 11.0 Å². The average molecular weight is 557 g/mol. The summed E-state index contributed by atoms with van der Waals surface area (Å²) < 4.78 is 55.8. The van der Waals surface area contributed by atoms with Gasteiger partial charge in [-0.2, -0.15) is 9.97 Å². The summed E-state index contributed by atoms with van der Waals surface area (Å²) in [5.74, 6) is -0.669. The molecular formula is C25H32ClF3N6O3. The minimum Gasteiger partial charge on any atom is -0.461 e. The zero-order valence-electron chi connectivity index (χ0n) is 21.9. The molecule has 0 saturated carbocycles. The third kappa shape index (κ3) is 5.04. The number of likely N-dealkylation sites (N-methyl/N-ethyl adjacent to an activating group) is 1. The summed E-state index contributed by atoms with van der Waals surface area (Å²) in [5, 5.41) is -0.150. The SMILES string of the molecule is CN(c1nc(OC[C@@]23CCCN2C[C@H](F)C3)nc2c(F)c(Cl)ncc12)[C@H]1CN(C(=O)OC(C)(C)C)C[C@H]1F. The van der Waals surface area contributed by atoms with Gasteiger partial charge in [0.05, 0.1) is 23.5 Å². The predicted molar refractivity (Wildman–Crippen MR) is 136 cm³/mol. The molecular weight excluding hydrogens is 525 g/mol. The van der Waals surface area contributed by atoms with E-state index in [1.54, 1.807) is 27.8 Å². The monoisotopic (exact) mass is 556 g/mol. The van der Waals surface area contributed by atoms with Crippen LogP contribution in [-0.4, -0.2) is 100 Å². The Morgan fingerprint density at radius 2 is 2.03 bits per heavy atom. The molecule has 208 valence electrons. The van der Waals surface area contributed by atoms with E-state index in [0.717, 1.165) is 19.4 Å². The molecule has 0 bridgehead atoms. The van der Waals surface area contributed by atoms with Crippen LogP contribution in [-0.2, 0) is 4.74 Å². The van der Waals surface area contributed by atoms with Gasteiger partial charge in [-0.05, 0) is 40.2 Å². The van der Waals surface area contributed by atoms with Crippen LogP contribution < -0.4 is 9.64 Å². The highest BCUT2D eigenvalue weighted by Crippen LogP contribution is 2.40. The number of likely N-dealkylation sites (tertiary alicyclic amines) is 1. The number of pyridine rings is 1. The van der Waals surface area contributed by atoms with Crippen molar-refractivity contribution in [1.29, 1.82) is 0 Å². The zero-order chi connectivity index (χ0) is 27.4. The van der Waals surface area contributed by atoms with E-state index in [9.17, 15) is 9.18 Å². The molecule has 3 fully saturated rings. The third-order valence-electron chi connectivity index (χ3n) is 7.53. The van der Waals surface area contributed by atoms with Gasteiger partial charge in [-0.3, -0.25) is 4.90 Å². The van der Waals surface area contributed by atoms with E-state index in [4.69, 9.17) is 21.1 Å². The molecule has 3 saturated heterocycles. The smallest absolute Gasteiger partial charge is 0.410 e. The lowest BCUT2D eigenvalue weighted by molar-refractivity contribution is 0.0283. The van der Waals surface area contributed by atoms with Crippen LogP contribution >= 0.6 is 11.6 Å². The standard InChI is InChI=1S/C25H32ClF3N6O3/c1-24(2,3)38-23(36)34-11-16(28)17(12-34)33(4)21-15-9-30-20(26)18(29)19(15)31-22(32-21)37-13-25-6-5-7-35(25)10-14(27)8-25/h9,14,16-17H,5-8,10-13H2,1-4H3/t14-,16-,17+,25+/m1/s1. The highest BCUT2D eigenvalue weighted by Gasteiger charge is 2.49. The fourth-order valence-electron chi connectivity index (χ4n) is 5.73. The van der Waals surface area contributed by atoms with E-state index in [1.807, 2.05) is 0 Å². The number of aromatic nitrogens is 3. The van der Waals surface area contributed by atoms with Crippen LogP contribution in [0, 0.1) is 5.82 Å². The van der Waals surface area contributed by atoms with Gasteiger partial charge in [0.1, 0.15) is 35.9 Å². The Bertz CT molecular complexity index is 1230. The number of carbonyl (C=O) groups is 1. The first-order valence-corrected chi connectivity index (χ1v) is 13.1. The number of carbonyl (C=O) groups excluding carboxylic acids is 1. The number of hydrogen-bond donors (Lipinski definition) is 0. The summed E-state index contributed by atoms with van der Waals surface area (Å²) in [7, 11) is 1.61. The summed E-state index contributed by atoms with van der Waals surface area (Å²) in [4.78, 5) is 30.1. The van der Waals surface area contributed by atoms with Crippen LogP contribution in [0.3, 0.4) is 0 Å². The molecule has 5 heterocycles. The number of alkyl halides is 2. The van der Waals surface area contributed by atoms with E-state index in [-0.39, 0.29) is 47.6 Å². The Morgan fingerprint density at radius 1 is 1.26 bits per heavy atom. The summed E-state index contributed by atoms with van der Waals surface area (Å²) >= 11 is 5.93. The molecule has 0 spiro atoms. The summed E-state index contributed by atoms with van der Waals surface area (Å²) in [5.41, 5.74) is -1.30. The van der Waals surface area contributed by atoms with E-state index in [2.05, 4.69) is 19.9 Å². The van der Waals surface area contributed by atoms with Crippen molar-refractivity contribution in [2.75, 3.05) is 44.7 Å². The van der Waals surface area contributed by atoms with Crippen LogP contribution in [0.15, 0.2) is 6.20 Å². The van der Waals surface area contributed by atoms with Crippen molar-refractivity contribution in [3.63, 3.8) is 0 Å². The second-order valence-electron chi connectivity index (χ2n) is 11.4. The molecule has 0 N–H and O–H groups in total. The van der Waals surface area contributed by atoms with Gasteiger partial charge in [-0.15, -0.1) is 0 Å². The number of halogens is 4. The van der Waals surface area contributed by atoms with Crippen LogP contribution in [0.1, 0.15) is 40.0 Å². The van der Waals surface area contributed by atoms with Gasteiger partial charge < -0.3 is 19.3 Å². The highest BCUT2D eigenvalue weighted by atomic mass is 35.5. The Labute approximate surface area is 224 Å². The van der Waals surface area contributed by atoms with Crippen LogP contribution in [0.2, 0.25) is 5.15 Å². The number of hydrogen-bond acceptors (Lipinski definition) is 8. The maximum Gasteiger partial charge on any atom is 0.410 e. The summed E-state index contributed by atoms with van der Waals surface area (Å²) in [6.45, 7) is 6.39. The second kappa shape index (κ2) is 9.86. The van der Waals surface area contributed by atoms with E-state index in [0.29, 0.717) is 13.0 Å². The fourth-order valence-corrected chi connectivity index (χ4v) is 5.86. The lowest BCUT2D eigenvalue weighted by Crippen LogP contribution is -2.43. The van der Waals surface area contributed by atoms with Gasteiger partial charge in [-0.25, -0.2) is 22.9 Å². The molecule has 13 heteroatoms. The molecule has 9 nitrogen and oxygen atoms in total. The number of fused-ring (bicyclic) bond motifs is 2. The normalized spacial score (nSPS) is 27.7. The van der Waals surface area contributed by atoms with E-state index >= 15 is 8.78 Å². The maximum atomic E-state index is 15.2. The van der Waals surface area contributed by atoms with Crippen molar-refractivity contribution in [2.45, 2.75) is 69.6 Å². The van der Waals surface area contributed by atoms with Crippen molar-refractivity contribution in [2.24, 2.45) is 0 Å². The number of nitrogens with zero attached hydrogens (tertiary/aromatic N) is 6. The molecule has 1 amide bonds. The van der Waals surface area contributed by atoms with E-state index < -0.39 is 41.4 Å². The first-order valence-electron chi connectivity index (χ1n) is 12.8. The lowest BCUT2D eigenvalue weighted by Gasteiger charge is -2.31. The second-order valence-corrected chi connectivity index (χ2v) is 11.8. The van der Waals surface area contributed by atoms with Gasteiger partial charge >= 0.3 is 12.1 Å². The van der Waals surface area contributed by atoms with E-state index in [1.165, 1.54) is 16.0 Å². The van der Waals surface area contributed by atoms with Crippen molar-refractivity contribution in [3.8, 4) is 6.01 Å². The number of amides is 1. The minimum atomic E-state index is -1.42. The number of anilines is 1. The molecule has 2 aromatic rings. The molecule has 4 atom stereocenters. The molecule has 0 aliphatic carbocycles. The Balaban J connectivity index is 1.44. The largest absolute Gasteiger partial charge is 0.461 e. The number of ether oxygens (including phenoxy) is 2. The predicted octanol–water partition coefficient (Wildman–Crippen LogP) is 4.17. The van der Waals surface area contributed by atoms with Crippen LogP contribution in [0.25, 0.3) is 10.9 Å². The maximum absolute atomic E-state index is 15.2. The average Bonchev–Trinajstić information content (AvgIpc) is 3.50. The Kier molecular flexibility index (Phi) is 7.00. The van der Waals surface area contributed by atoms with Crippen molar-refractivity contribution >= 4 is 34.4 Å². The van der Waals surface area contributed by atoms with Gasteiger partial charge in [-0.1, -0.05) is 11.6 Å².